The van der Waals surface area contributed by atoms with Crippen LogP contribution < -0.4 is 5.32 Å². The number of aromatic hydroxyl groups is 1. The molecular formula is C19H25NO4. The van der Waals surface area contributed by atoms with Crippen molar-refractivity contribution in [3.63, 3.8) is 0 Å². The lowest BCUT2D eigenvalue weighted by molar-refractivity contribution is -0.141. The lowest BCUT2D eigenvalue weighted by atomic mass is 10.1. The first-order valence-corrected chi connectivity index (χ1v) is 7.89. The molecule has 0 spiro atoms. The first kappa shape index (κ1) is 19.5. The van der Waals surface area contributed by atoms with Crippen molar-refractivity contribution in [3.05, 3.63) is 53.1 Å². The van der Waals surface area contributed by atoms with E-state index in [0.717, 1.165) is 24.0 Å². The average molecular weight is 331 g/mol. The van der Waals surface area contributed by atoms with Crippen molar-refractivity contribution in [2.45, 2.75) is 46.1 Å². The SMILES string of the molecule is CC(C)=CCC/C(C)=C/C(=O)NC(Cc1ccc(O)cc1)C(=O)O. The summed E-state index contributed by atoms with van der Waals surface area (Å²) in [6.45, 7) is 5.90. The van der Waals surface area contributed by atoms with E-state index in [4.69, 9.17) is 0 Å². The van der Waals surface area contributed by atoms with Gasteiger partial charge in [-0.15, -0.1) is 0 Å². The number of carboxylic acids is 1. The van der Waals surface area contributed by atoms with Crippen LogP contribution in [0.1, 0.15) is 39.2 Å². The number of phenolic OH excluding ortho intramolecular Hbond substituents is 1. The Labute approximate surface area is 142 Å². The highest BCUT2D eigenvalue weighted by Gasteiger charge is 2.19. The number of nitrogens with one attached hydrogen (secondary N) is 1. The molecule has 0 saturated carbocycles. The number of carboxylic acid groups (broad SMARTS) is 1. The van der Waals surface area contributed by atoms with Gasteiger partial charge in [-0.3, -0.25) is 4.79 Å². The number of benzene rings is 1. The molecule has 130 valence electrons. The Bertz CT molecular complexity index is 625. The van der Waals surface area contributed by atoms with Crippen molar-refractivity contribution in [2.24, 2.45) is 0 Å². The van der Waals surface area contributed by atoms with Crippen LogP contribution >= 0.6 is 0 Å². The van der Waals surface area contributed by atoms with Gasteiger partial charge in [0.05, 0.1) is 0 Å². The number of hydrogen-bond acceptors (Lipinski definition) is 3. The molecule has 0 aromatic heterocycles. The van der Waals surface area contributed by atoms with Crippen molar-refractivity contribution in [3.8, 4) is 5.75 Å². The van der Waals surface area contributed by atoms with Crippen molar-refractivity contribution >= 4 is 11.9 Å². The Morgan fingerprint density at radius 3 is 2.33 bits per heavy atom. The molecule has 1 atom stereocenters. The summed E-state index contributed by atoms with van der Waals surface area (Å²) in [7, 11) is 0. The number of carbonyl (C=O) groups is 2. The number of rotatable bonds is 8. The fraction of sp³-hybridized carbons (Fsp3) is 0.368. The van der Waals surface area contributed by atoms with E-state index in [-0.39, 0.29) is 12.2 Å². The van der Waals surface area contributed by atoms with Gasteiger partial charge in [-0.05, 0) is 51.3 Å². The molecule has 0 aliphatic heterocycles. The molecule has 1 aromatic rings. The van der Waals surface area contributed by atoms with Crippen molar-refractivity contribution < 1.29 is 19.8 Å². The van der Waals surface area contributed by atoms with Crippen molar-refractivity contribution in [1.29, 1.82) is 0 Å². The van der Waals surface area contributed by atoms with Gasteiger partial charge in [-0.2, -0.15) is 0 Å². The highest BCUT2D eigenvalue weighted by atomic mass is 16.4. The summed E-state index contributed by atoms with van der Waals surface area (Å²) < 4.78 is 0. The highest BCUT2D eigenvalue weighted by Crippen LogP contribution is 2.12. The first-order valence-electron chi connectivity index (χ1n) is 7.89. The third-order valence-corrected chi connectivity index (χ3v) is 3.46. The molecule has 0 heterocycles. The summed E-state index contributed by atoms with van der Waals surface area (Å²) in [5.41, 5.74) is 2.86. The molecule has 5 heteroatoms. The summed E-state index contributed by atoms with van der Waals surface area (Å²) in [5, 5.41) is 21.1. The molecular weight excluding hydrogens is 306 g/mol. The van der Waals surface area contributed by atoms with Gasteiger partial charge in [-0.25, -0.2) is 4.79 Å². The molecule has 1 amide bonds. The lowest BCUT2D eigenvalue weighted by Crippen LogP contribution is -2.41. The Morgan fingerprint density at radius 2 is 1.79 bits per heavy atom. The van der Waals surface area contributed by atoms with Gasteiger partial charge < -0.3 is 15.5 Å². The number of phenols is 1. The van der Waals surface area contributed by atoms with Crippen LogP contribution in [0.4, 0.5) is 0 Å². The number of amides is 1. The van der Waals surface area contributed by atoms with E-state index in [9.17, 15) is 19.8 Å². The smallest absolute Gasteiger partial charge is 0.326 e. The quantitative estimate of drug-likeness (QED) is 0.504. The predicted molar refractivity (Wildman–Crippen MR) is 93.8 cm³/mol. The number of aliphatic carboxylic acids is 1. The van der Waals surface area contributed by atoms with E-state index in [1.165, 1.54) is 23.8 Å². The molecule has 0 aliphatic rings. The normalized spacial score (nSPS) is 12.4. The fourth-order valence-electron chi connectivity index (χ4n) is 2.17. The average Bonchev–Trinajstić information content (AvgIpc) is 2.48. The minimum atomic E-state index is -1.09. The second-order valence-corrected chi connectivity index (χ2v) is 6.08. The highest BCUT2D eigenvalue weighted by molar-refractivity contribution is 5.91. The number of carbonyl (C=O) groups excluding carboxylic acids is 1. The molecule has 1 rings (SSSR count). The molecule has 0 aliphatic carbocycles. The number of allylic oxidation sites excluding steroid dienone is 3. The zero-order chi connectivity index (χ0) is 18.1. The lowest BCUT2D eigenvalue weighted by Gasteiger charge is -2.14. The zero-order valence-electron chi connectivity index (χ0n) is 14.4. The maximum Gasteiger partial charge on any atom is 0.326 e. The monoisotopic (exact) mass is 331 g/mol. The fourth-order valence-corrected chi connectivity index (χ4v) is 2.17. The predicted octanol–water partition coefficient (Wildman–Crippen LogP) is 3.20. The molecule has 1 aromatic carbocycles. The summed E-state index contributed by atoms with van der Waals surface area (Å²) in [6, 6.07) is 5.24. The van der Waals surface area contributed by atoms with Crippen LogP contribution in [-0.2, 0) is 16.0 Å². The van der Waals surface area contributed by atoms with Crippen LogP contribution in [0.15, 0.2) is 47.6 Å². The topological polar surface area (TPSA) is 86.6 Å². The summed E-state index contributed by atoms with van der Waals surface area (Å²) >= 11 is 0. The van der Waals surface area contributed by atoms with Gasteiger partial charge in [0.25, 0.3) is 0 Å². The second kappa shape index (κ2) is 9.55. The van der Waals surface area contributed by atoms with E-state index in [1.807, 2.05) is 20.8 Å². The molecule has 0 fully saturated rings. The first-order chi connectivity index (χ1) is 11.3. The van der Waals surface area contributed by atoms with Gasteiger partial charge in [0.15, 0.2) is 0 Å². The van der Waals surface area contributed by atoms with Crippen LogP contribution in [0, 0.1) is 0 Å². The van der Waals surface area contributed by atoms with Crippen LogP contribution in [-0.4, -0.2) is 28.1 Å². The molecule has 0 radical (unpaired) electrons. The Hall–Kier alpha value is -2.56. The van der Waals surface area contributed by atoms with Crippen LogP contribution in [0.5, 0.6) is 5.75 Å². The number of hydrogen-bond donors (Lipinski definition) is 3. The minimum Gasteiger partial charge on any atom is -0.508 e. The van der Waals surface area contributed by atoms with Gasteiger partial charge >= 0.3 is 5.97 Å². The molecule has 5 nitrogen and oxygen atoms in total. The molecule has 24 heavy (non-hydrogen) atoms. The van der Waals surface area contributed by atoms with Gasteiger partial charge in [0.2, 0.25) is 5.91 Å². The summed E-state index contributed by atoms with van der Waals surface area (Å²) in [6.07, 6.45) is 5.32. The summed E-state index contributed by atoms with van der Waals surface area (Å²) in [5.74, 6) is -1.38. The van der Waals surface area contributed by atoms with Gasteiger partial charge in [0, 0.05) is 12.5 Å². The van der Waals surface area contributed by atoms with E-state index in [2.05, 4.69) is 11.4 Å². The van der Waals surface area contributed by atoms with Gasteiger partial charge in [0.1, 0.15) is 11.8 Å². The second-order valence-electron chi connectivity index (χ2n) is 6.08. The Balaban J connectivity index is 2.64. The zero-order valence-corrected chi connectivity index (χ0v) is 14.4. The van der Waals surface area contributed by atoms with Gasteiger partial charge in [-0.1, -0.05) is 29.4 Å². The minimum absolute atomic E-state index is 0.115. The van der Waals surface area contributed by atoms with E-state index in [1.54, 1.807) is 12.1 Å². The molecule has 0 bridgehead atoms. The van der Waals surface area contributed by atoms with Crippen molar-refractivity contribution in [2.75, 3.05) is 0 Å². The van der Waals surface area contributed by atoms with Crippen molar-refractivity contribution in [1.82, 2.24) is 5.32 Å². The maximum absolute atomic E-state index is 12.0. The summed E-state index contributed by atoms with van der Waals surface area (Å²) in [4.78, 5) is 23.3. The standard InChI is InChI=1S/C19H25NO4/c1-13(2)5-4-6-14(3)11-18(22)20-17(19(23)24)12-15-7-9-16(21)10-8-15/h5,7-11,17,21H,4,6,12H2,1-3H3,(H,20,22)(H,23,24)/b14-11+. The Morgan fingerprint density at radius 1 is 1.17 bits per heavy atom. The molecule has 1 unspecified atom stereocenters. The third kappa shape index (κ3) is 7.63. The van der Waals surface area contributed by atoms with Crippen LogP contribution in [0.2, 0.25) is 0 Å². The van der Waals surface area contributed by atoms with Crippen LogP contribution in [0.25, 0.3) is 0 Å². The molecule has 3 N–H and O–H groups in total. The van der Waals surface area contributed by atoms with E-state index < -0.39 is 17.9 Å². The largest absolute Gasteiger partial charge is 0.508 e. The molecule has 0 saturated heterocycles. The van der Waals surface area contributed by atoms with E-state index in [0.29, 0.717) is 0 Å². The third-order valence-electron chi connectivity index (χ3n) is 3.46. The Kier molecular flexibility index (Phi) is 7.75. The van der Waals surface area contributed by atoms with E-state index >= 15 is 0 Å². The maximum atomic E-state index is 12.0. The van der Waals surface area contributed by atoms with Crippen LogP contribution in [0.3, 0.4) is 0 Å².